The second kappa shape index (κ2) is 11.9. The minimum Gasteiger partial charge on any atom is -0.508 e. The van der Waals surface area contributed by atoms with Gasteiger partial charge < -0.3 is 41.3 Å². The van der Waals surface area contributed by atoms with Gasteiger partial charge in [0.25, 0.3) is 0 Å². The molecule has 200 valence electrons. The van der Waals surface area contributed by atoms with Gasteiger partial charge in [0.2, 0.25) is 0 Å². The Hall–Kier alpha value is -2.20. The van der Waals surface area contributed by atoms with E-state index in [0.717, 1.165) is 25.7 Å². The molecule has 0 aromatic heterocycles. The topological polar surface area (TPSA) is 145 Å². The Morgan fingerprint density at radius 3 is 1.81 bits per heavy atom. The van der Waals surface area contributed by atoms with Crippen LogP contribution in [0.15, 0.2) is 36.4 Å². The highest BCUT2D eigenvalue weighted by Crippen LogP contribution is 2.38. The Balaban J connectivity index is 1.50. The maximum Gasteiger partial charge on any atom is 0.121 e. The average Bonchev–Trinajstić information content (AvgIpc) is 2.86. The van der Waals surface area contributed by atoms with Crippen LogP contribution in [-0.2, 0) is 13.2 Å². The minimum absolute atomic E-state index is 0.0195. The van der Waals surface area contributed by atoms with Crippen molar-refractivity contribution in [2.45, 2.75) is 83.0 Å². The molecule has 2 aromatic carbocycles. The summed E-state index contributed by atoms with van der Waals surface area (Å²) < 4.78 is 0. The van der Waals surface area contributed by atoms with Gasteiger partial charge in [0, 0.05) is 35.3 Å². The van der Waals surface area contributed by atoms with E-state index in [9.17, 15) is 30.6 Å². The fraction of sp³-hybridized carbons (Fsp3) is 0.571. The van der Waals surface area contributed by atoms with E-state index in [1.54, 1.807) is 24.3 Å². The minimum atomic E-state index is -0.751. The molecule has 36 heavy (non-hydrogen) atoms. The molecule has 8 nitrogen and oxygen atoms in total. The lowest BCUT2D eigenvalue weighted by molar-refractivity contribution is 0.0994. The van der Waals surface area contributed by atoms with Gasteiger partial charge in [-0.05, 0) is 87.8 Å². The van der Waals surface area contributed by atoms with E-state index in [1.807, 2.05) is 0 Å². The second-order valence-electron chi connectivity index (χ2n) is 10.9. The van der Waals surface area contributed by atoms with E-state index in [-0.39, 0.29) is 35.8 Å². The third kappa shape index (κ3) is 6.97. The molecule has 1 aliphatic rings. The smallest absolute Gasteiger partial charge is 0.121 e. The zero-order valence-corrected chi connectivity index (χ0v) is 21.5. The van der Waals surface area contributed by atoms with Crippen LogP contribution in [0.2, 0.25) is 0 Å². The monoisotopic (exact) mass is 502 g/mol. The summed E-state index contributed by atoms with van der Waals surface area (Å²) in [7, 11) is 0. The number of hydrogen-bond acceptors (Lipinski definition) is 8. The number of aliphatic hydroxyl groups is 4. The SMILES string of the molecule is CC1(NCC(O)c2ccc(O)c(CO)c2)CCC(C(C)(C)NCC(O)c2ccc(O)c(CO)c2)CC1. The van der Waals surface area contributed by atoms with Gasteiger partial charge in [-0.15, -0.1) is 0 Å². The summed E-state index contributed by atoms with van der Waals surface area (Å²) in [5.41, 5.74) is 1.82. The molecular weight excluding hydrogens is 460 g/mol. The fourth-order valence-electron chi connectivity index (χ4n) is 5.11. The van der Waals surface area contributed by atoms with Crippen molar-refractivity contribution in [3.63, 3.8) is 0 Å². The van der Waals surface area contributed by atoms with E-state index in [1.165, 1.54) is 12.1 Å². The van der Waals surface area contributed by atoms with Gasteiger partial charge in [-0.3, -0.25) is 0 Å². The first-order valence-electron chi connectivity index (χ1n) is 12.7. The molecule has 0 saturated heterocycles. The molecule has 1 aliphatic carbocycles. The van der Waals surface area contributed by atoms with Gasteiger partial charge in [-0.1, -0.05) is 12.1 Å². The molecule has 0 spiro atoms. The zero-order valence-electron chi connectivity index (χ0n) is 21.5. The summed E-state index contributed by atoms with van der Waals surface area (Å²) in [4.78, 5) is 0. The zero-order chi connectivity index (χ0) is 26.5. The summed E-state index contributed by atoms with van der Waals surface area (Å²) in [6.45, 7) is 6.68. The van der Waals surface area contributed by atoms with Crippen LogP contribution in [-0.4, -0.2) is 54.8 Å². The molecule has 2 unspecified atom stereocenters. The van der Waals surface area contributed by atoms with Crippen LogP contribution in [0, 0.1) is 5.92 Å². The summed E-state index contributed by atoms with van der Waals surface area (Å²) >= 11 is 0. The molecule has 0 radical (unpaired) electrons. The first-order chi connectivity index (χ1) is 17.0. The van der Waals surface area contributed by atoms with Gasteiger partial charge in [-0.2, -0.15) is 0 Å². The standard InChI is InChI=1S/C28H42N2O6/c1-27(2,29-14-25(35)18-4-6-23(33)20(12-18)16-31)22-8-10-28(3,11-9-22)30-15-26(36)19-5-7-24(34)21(13-19)17-32/h4-7,12-13,22,25-26,29-36H,8-11,14-17H2,1-3H3. The number of aromatic hydroxyl groups is 2. The lowest BCUT2D eigenvalue weighted by atomic mass is 9.70. The summed E-state index contributed by atoms with van der Waals surface area (Å²) in [5, 5.41) is 66.5. The Bertz CT molecular complexity index is 1000. The molecule has 8 heteroatoms. The number of β-amino-alcohol motifs (C(OH)–C–C–N with tert-alkyl or cyclic N) is 2. The number of nitrogens with one attached hydrogen (secondary N) is 2. The highest BCUT2D eigenvalue weighted by atomic mass is 16.3. The van der Waals surface area contributed by atoms with Crippen molar-refractivity contribution in [2.24, 2.45) is 5.92 Å². The Labute approximate surface area is 213 Å². The van der Waals surface area contributed by atoms with Crippen LogP contribution in [0.3, 0.4) is 0 Å². The number of rotatable bonds is 11. The fourth-order valence-corrected chi connectivity index (χ4v) is 5.11. The number of phenols is 2. The molecule has 0 heterocycles. The van der Waals surface area contributed by atoms with Crippen LogP contribution >= 0.6 is 0 Å². The van der Waals surface area contributed by atoms with E-state index >= 15 is 0 Å². The van der Waals surface area contributed by atoms with E-state index in [2.05, 4.69) is 31.4 Å². The Morgan fingerprint density at radius 1 is 0.861 bits per heavy atom. The highest BCUT2D eigenvalue weighted by molar-refractivity contribution is 5.37. The largest absolute Gasteiger partial charge is 0.508 e. The van der Waals surface area contributed by atoms with Crippen LogP contribution < -0.4 is 10.6 Å². The molecule has 0 aliphatic heterocycles. The molecule has 8 N–H and O–H groups in total. The molecule has 3 rings (SSSR count). The van der Waals surface area contributed by atoms with Crippen LogP contribution in [0.5, 0.6) is 11.5 Å². The summed E-state index contributed by atoms with van der Waals surface area (Å²) in [5.74, 6) is 0.459. The van der Waals surface area contributed by atoms with Crippen molar-refractivity contribution in [3.8, 4) is 11.5 Å². The van der Waals surface area contributed by atoms with Crippen LogP contribution in [0.4, 0.5) is 0 Å². The number of aliphatic hydroxyl groups excluding tert-OH is 4. The summed E-state index contributed by atoms with van der Waals surface area (Å²) in [6.07, 6.45) is 2.41. The van der Waals surface area contributed by atoms with Crippen molar-refractivity contribution in [2.75, 3.05) is 13.1 Å². The maximum absolute atomic E-state index is 10.7. The van der Waals surface area contributed by atoms with Gasteiger partial charge in [-0.25, -0.2) is 0 Å². The molecule has 1 fully saturated rings. The van der Waals surface area contributed by atoms with Gasteiger partial charge in [0.15, 0.2) is 0 Å². The van der Waals surface area contributed by atoms with Gasteiger partial charge in [0.1, 0.15) is 11.5 Å². The normalized spacial score (nSPS) is 22.4. The second-order valence-corrected chi connectivity index (χ2v) is 10.9. The third-order valence-electron chi connectivity index (χ3n) is 7.90. The van der Waals surface area contributed by atoms with E-state index in [0.29, 0.717) is 41.3 Å². The first kappa shape index (κ1) is 28.4. The molecular formula is C28H42N2O6. The van der Waals surface area contributed by atoms with Crippen LogP contribution in [0.25, 0.3) is 0 Å². The Morgan fingerprint density at radius 2 is 1.33 bits per heavy atom. The predicted octanol–water partition coefficient (Wildman–Crippen LogP) is 2.76. The lowest BCUT2D eigenvalue weighted by Crippen LogP contribution is -2.53. The third-order valence-corrected chi connectivity index (χ3v) is 7.90. The van der Waals surface area contributed by atoms with E-state index in [4.69, 9.17) is 0 Å². The maximum atomic E-state index is 10.7. The predicted molar refractivity (Wildman–Crippen MR) is 138 cm³/mol. The first-order valence-corrected chi connectivity index (χ1v) is 12.7. The average molecular weight is 503 g/mol. The molecule has 0 bridgehead atoms. The highest BCUT2D eigenvalue weighted by Gasteiger charge is 2.38. The molecule has 0 amide bonds. The quantitative estimate of drug-likeness (QED) is 0.234. The Kier molecular flexibility index (Phi) is 9.38. The number of hydrogen-bond donors (Lipinski definition) is 8. The van der Waals surface area contributed by atoms with Gasteiger partial charge >= 0.3 is 0 Å². The molecule has 2 atom stereocenters. The number of benzene rings is 2. The molecule has 2 aromatic rings. The molecule has 1 saturated carbocycles. The van der Waals surface area contributed by atoms with E-state index < -0.39 is 12.2 Å². The summed E-state index contributed by atoms with van der Waals surface area (Å²) in [6, 6.07) is 9.59. The van der Waals surface area contributed by atoms with Crippen molar-refractivity contribution < 1.29 is 30.6 Å². The van der Waals surface area contributed by atoms with Crippen molar-refractivity contribution >= 4 is 0 Å². The van der Waals surface area contributed by atoms with Crippen molar-refractivity contribution in [1.82, 2.24) is 10.6 Å². The van der Waals surface area contributed by atoms with Crippen LogP contribution in [0.1, 0.15) is 80.9 Å². The lowest BCUT2D eigenvalue weighted by Gasteiger charge is -2.45. The van der Waals surface area contributed by atoms with Crippen molar-refractivity contribution in [3.05, 3.63) is 58.7 Å². The van der Waals surface area contributed by atoms with Gasteiger partial charge in [0.05, 0.1) is 25.4 Å². The van der Waals surface area contributed by atoms with Crippen molar-refractivity contribution in [1.29, 1.82) is 0 Å².